The predicted octanol–water partition coefficient (Wildman–Crippen LogP) is 2.07. The Kier molecular flexibility index (Phi) is 5.86. The van der Waals surface area contributed by atoms with E-state index < -0.39 is 0 Å². The molecule has 0 bridgehead atoms. The fourth-order valence-corrected chi connectivity index (χ4v) is 2.54. The third-order valence-electron chi connectivity index (χ3n) is 2.89. The SMILES string of the molecule is CCc1nnc(SCC(=O)Nc2ccc(OC(C)C)cc2)n1N. The van der Waals surface area contributed by atoms with Crippen LogP contribution in [0.2, 0.25) is 0 Å². The van der Waals surface area contributed by atoms with Gasteiger partial charge in [0.15, 0.2) is 5.82 Å². The van der Waals surface area contributed by atoms with Gasteiger partial charge in [0.2, 0.25) is 11.1 Å². The number of anilines is 1. The van der Waals surface area contributed by atoms with E-state index in [2.05, 4.69) is 15.5 Å². The molecule has 0 unspecified atom stereocenters. The van der Waals surface area contributed by atoms with Crippen LogP contribution in [-0.2, 0) is 11.2 Å². The van der Waals surface area contributed by atoms with Crippen LogP contribution in [0.4, 0.5) is 5.69 Å². The average molecular weight is 335 g/mol. The molecule has 0 atom stereocenters. The zero-order chi connectivity index (χ0) is 16.8. The summed E-state index contributed by atoms with van der Waals surface area (Å²) in [6.45, 7) is 5.88. The number of amides is 1. The second-order valence-electron chi connectivity index (χ2n) is 5.15. The van der Waals surface area contributed by atoms with Gasteiger partial charge in [0.25, 0.3) is 0 Å². The molecule has 0 radical (unpaired) electrons. The Morgan fingerprint density at radius 3 is 2.61 bits per heavy atom. The first kappa shape index (κ1) is 17.1. The molecule has 3 N–H and O–H groups in total. The molecule has 2 aromatic rings. The highest BCUT2D eigenvalue weighted by atomic mass is 32.2. The lowest BCUT2D eigenvalue weighted by Crippen LogP contribution is -2.17. The second-order valence-corrected chi connectivity index (χ2v) is 6.09. The summed E-state index contributed by atoms with van der Waals surface area (Å²) in [6.07, 6.45) is 0.814. The Morgan fingerprint density at radius 2 is 2.04 bits per heavy atom. The van der Waals surface area contributed by atoms with Crippen LogP contribution in [0.25, 0.3) is 0 Å². The molecule has 124 valence electrons. The highest BCUT2D eigenvalue weighted by molar-refractivity contribution is 7.99. The Balaban J connectivity index is 1.85. The normalized spacial score (nSPS) is 10.8. The molecule has 0 saturated carbocycles. The first-order valence-electron chi connectivity index (χ1n) is 7.38. The van der Waals surface area contributed by atoms with Crippen LogP contribution in [0.1, 0.15) is 26.6 Å². The third-order valence-corrected chi connectivity index (χ3v) is 3.84. The summed E-state index contributed by atoms with van der Waals surface area (Å²) in [5.41, 5.74) is 0.718. The zero-order valence-corrected chi connectivity index (χ0v) is 14.3. The maximum Gasteiger partial charge on any atom is 0.234 e. The molecule has 1 aromatic heterocycles. The largest absolute Gasteiger partial charge is 0.491 e. The quantitative estimate of drug-likeness (QED) is 0.594. The molecule has 1 heterocycles. The van der Waals surface area contributed by atoms with Gasteiger partial charge in [-0.15, -0.1) is 10.2 Å². The Labute approximate surface area is 139 Å². The average Bonchev–Trinajstić information content (AvgIpc) is 2.87. The van der Waals surface area contributed by atoms with Crippen molar-refractivity contribution in [3.63, 3.8) is 0 Å². The lowest BCUT2D eigenvalue weighted by atomic mass is 10.3. The molecule has 1 aromatic carbocycles. The number of thioether (sulfide) groups is 1. The number of nitrogen functional groups attached to an aromatic ring is 1. The van der Waals surface area contributed by atoms with Crippen LogP contribution in [0, 0.1) is 0 Å². The molecule has 0 aliphatic carbocycles. The predicted molar refractivity (Wildman–Crippen MR) is 91.1 cm³/mol. The minimum atomic E-state index is -0.131. The van der Waals surface area contributed by atoms with Crippen LogP contribution < -0.4 is 15.9 Å². The van der Waals surface area contributed by atoms with Crippen LogP contribution in [-0.4, -0.2) is 32.6 Å². The van der Waals surface area contributed by atoms with Gasteiger partial charge in [-0.25, -0.2) is 4.68 Å². The van der Waals surface area contributed by atoms with Crippen molar-refractivity contribution < 1.29 is 9.53 Å². The lowest BCUT2D eigenvalue weighted by molar-refractivity contribution is -0.113. The minimum Gasteiger partial charge on any atom is -0.491 e. The fraction of sp³-hybridized carbons (Fsp3) is 0.400. The van der Waals surface area contributed by atoms with Gasteiger partial charge < -0.3 is 15.9 Å². The van der Waals surface area contributed by atoms with E-state index in [-0.39, 0.29) is 17.8 Å². The van der Waals surface area contributed by atoms with Crippen molar-refractivity contribution in [2.45, 2.75) is 38.5 Å². The number of benzene rings is 1. The summed E-state index contributed by atoms with van der Waals surface area (Å²) in [4.78, 5) is 12.0. The number of ether oxygens (including phenoxy) is 1. The van der Waals surface area contributed by atoms with Gasteiger partial charge in [0, 0.05) is 12.1 Å². The molecule has 7 nitrogen and oxygen atoms in total. The molecular formula is C15H21N5O2S. The van der Waals surface area contributed by atoms with E-state index in [1.54, 1.807) is 12.1 Å². The van der Waals surface area contributed by atoms with E-state index in [1.807, 2.05) is 32.9 Å². The number of hydrogen-bond acceptors (Lipinski definition) is 6. The third kappa shape index (κ3) is 4.88. The van der Waals surface area contributed by atoms with Gasteiger partial charge in [-0.05, 0) is 38.1 Å². The van der Waals surface area contributed by atoms with Crippen molar-refractivity contribution >= 4 is 23.4 Å². The van der Waals surface area contributed by atoms with Gasteiger partial charge in [-0.2, -0.15) is 0 Å². The standard InChI is InChI=1S/C15H21N5O2S/c1-4-13-18-19-15(20(13)16)23-9-14(21)17-11-5-7-12(8-6-11)22-10(2)3/h5-8,10H,4,9,16H2,1-3H3,(H,17,21). The van der Waals surface area contributed by atoms with Crippen molar-refractivity contribution in [1.82, 2.24) is 14.9 Å². The van der Waals surface area contributed by atoms with Crippen molar-refractivity contribution in [3.8, 4) is 5.75 Å². The van der Waals surface area contributed by atoms with Gasteiger partial charge in [0.1, 0.15) is 5.75 Å². The Hall–Kier alpha value is -2.22. The molecule has 1 amide bonds. The molecule has 0 spiro atoms. The monoisotopic (exact) mass is 335 g/mol. The number of aryl methyl sites for hydroxylation is 1. The number of aromatic nitrogens is 3. The van der Waals surface area contributed by atoms with E-state index in [0.717, 1.165) is 11.4 Å². The molecule has 0 saturated heterocycles. The first-order valence-corrected chi connectivity index (χ1v) is 8.37. The van der Waals surface area contributed by atoms with Crippen molar-refractivity contribution in [2.24, 2.45) is 0 Å². The number of rotatable bonds is 7. The minimum absolute atomic E-state index is 0.119. The van der Waals surface area contributed by atoms with Crippen LogP contribution in [0.5, 0.6) is 5.75 Å². The molecule has 0 aliphatic heterocycles. The van der Waals surface area contributed by atoms with Crippen molar-refractivity contribution in [2.75, 3.05) is 16.9 Å². The maximum absolute atomic E-state index is 12.0. The smallest absolute Gasteiger partial charge is 0.234 e. The summed E-state index contributed by atoms with van der Waals surface area (Å²) in [5.74, 6) is 7.38. The molecule has 0 fully saturated rings. The van der Waals surface area contributed by atoms with Gasteiger partial charge in [-0.1, -0.05) is 18.7 Å². The second kappa shape index (κ2) is 7.87. The number of hydrogen-bond donors (Lipinski definition) is 2. The molecule has 8 heteroatoms. The van der Waals surface area contributed by atoms with E-state index in [9.17, 15) is 4.79 Å². The van der Waals surface area contributed by atoms with E-state index >= 15 is 0 Å². The first-order chi connectivity index (χ1) is 11.0. The van der Waals surface area contributed by atoms with Crippen LogP contribution >= 0.6 is 11.8 Å². The Morgan fingerprint density at radius 1 is 1.35 bits per heavy atom. The van der Waals surface area contributed by atoms with Crippen molar-refractivity contribution in [3.05, 3.63) is 30.1 Å². The van der Waals surface area contributed by atoms with E-state index in [0.29, 0.717) is 17.4 Å². The molecule has 23 heavy (non-hydrogen) atoms. The van der Waals surface area contributed by atoms with Gasteiger partial charge in [-0.3, -0.25) is 4.79 Å². The Bertz CT molecular complexity index is 654. The number of carbonyl (C=O) groups excluding carboxylic acids is 1. The van der Waals surface area contributed by atoms with Gasteiger partial charge in [0.05, 0.1) is 11.9 Å². The van der Waals surface area contributed by atoms with Crippen LogP contribution in [0.15, 0.2) is 29.4 Å². The van der Waals surface area contributed by atoms with Crippen LogP contribution in [0.3, 0.4) is 0 Å². The topological polar surface area (TPSA) is 95.1 Å². The summed E-state index contributed by atoms with van der Waals surface area (Å²) in [7, 11) is 0. The highest BCUT2D eigenvalue weighted by Crippen LogP contribution is 2.18. The maximum atomic E-state index is 12.0. The fourth-order valence-electron chi connectivity index (χ4n) is 1.86. The number of nitrogens with zero attached hydrogens (tertiary/aromatic N) is 3. The molecular weight excluding hydrogens is 314 g/mol. The summed E-state index contributed by atoms with van der Waals surface area (Å²) in [6, 6.07) is 7.27. The number of carbonyl (C=O) groups is 1. The number of nitrogens with two attached hydrogens (primary N) is 1. The number of nitrogens with one attached hydrogen (secondary N) is 1. The van der Waals surface area contributed by atoms with E-state index in [1.165, 1.54) is 16.4 Å². The van der Waals surface area contributed by atoms with E-state index in [4.69, 9.17) is 10.6 Å². The summed E-state index contributed by atoms with van der Waals surface area (Å²) < 4.78 is 6.97. The highest BCUT2D eigenvalue weighted by Gasteiger charge is 2.11. The lowest BCUT2D eigenvalue weighted by Gasteiger charge is -2.10. The molecule has 2 rings (SSSR count). The zero-order valence-electron chi connectivity index (χ0n) is 13.4. The molecule has 0 aliphatic rings. The van der Waals surface area contributed by atoms with Crippen molar-refractivity contribution in [1.29, 1.82) is 0 Å². The summed E-state index contributed by atoms with van der Waals surface area (Å²) in [5, 5.41) is 11.3. The summed E-state index contributed by atoms with van der Waals surface area (Å²) >= 11 is 1.25. The van der Waals surface area contributed by atoms with Gasteiger partial charge >= 0.3 is 0 Å².